The number of pyridine rings is 1. The highest BCUT2D eigenvalue weighted by Crippen LogP contribution is 2.35. The molecule has 0 spiro atoms. The van der Waals surface area contributed by atoms with Crippen molar-refractivity contribution in [2.45, 2.75) is 19.3 Å². The van der Waals surface area contributed by atoms with Crippen LogP contribution in [0.1, 0.15) is 28.8 Å². The molecular weight excluding hydrogens is 382 g/mol. The Kier molecular flexibility index (Phi) is 5.45. The first-order valence-corrected chi connectivity index (χ1v) is 10.6. The standard InChI is InChI=1S/C23H23N3O2S/c24-22(28)23(14-17-5-1-6-18(13-17)20-8-3-12-29-20)9-4-11-26(16-23)21(27)19-7-2-10-25-15-19/h1-3,5-8,10,12-13,15H,4,9,11,14,16H2,(H2,24,28)/t23-/m1/s1. The predicted molar refractivity (Wildman–Crippen MR) is 114 cm³/mol. The van der Waals surface area contributed by atoms with Crippen LogP contribution in [-0.2, 0) is 11.2 Å². The lowest BCUT2D eigenvalue weighted by Crippen LogP contribution is -2.53. The van der Waals surface area contributed by atoms with Crippen LogP contribution in [0.3, 0.4) is 0 Å². The van der Waals surface area contributed by atoms with Crippen molar-refractivity contribution in [2.75, 3.05) is 13.1 Å². The topological polar surface area (TPSA) is 76.3 Å². The quantitative estimate of drug-likeness (QED) is 0.702. The first-order valence-electron chi connectivity index (χ1n) is 9.69. The van der Waals surface area contributed by atoms with E-state index in [0.717, 1.165) is 17.5 Å². The number of carbonyl (C=O) groups excluding carboxylic acids is 2. The molecule has 0 saturated carbocycles. The van der Waals surface area contributed by atoms with Crippen molar-refractivity contribution in [1.82, 2.24) is 9.88 Å². The highest BCUT2D eigenvalue weighted by atomic mass is 32.1. The molecule has 1 saturated heterocycles. The molecule has 4 rings (SSSR count). The van der Waals surface area contributed by atoms with Gasteiger partial charge < -0.3 is 10.6 Å². The van der Waals surface area contributed by atoms with Gasteiger partial charge in [0.15, 0.2) is 0 Å². The number of aromatic nitrogens is 1. The maximum atomic E-state index is 12.9. The molecule has 2 amide bonds. The Morgan fingerprint density at radius 2 is 2.07 bits per heavy atom. The average Bonchev–Trinajstić information content (AvgIpc) is 3.29. The summed E-state index contributed by atoms with van der Waals surface area (Å²) in [4.78, 5) is 32.5. The molecule has 2 aromatic heterocycles. The molecule has 5 nitrogen and oxygen atoms in total. The second-order valence-corrected chi connectivity index (χ2v) is 8.52. The van der Waals surface area contributed by atoms with E-state index in [4.69, 9.17) is 5.73 Å². The van der Waals surface area contributed by atoms with Gasteiger partial charge in [-0.3, -0.25) is 14.6 Å². The summed E-state index contributed by atoms with van der Waals surface area (Å²) in [6.45, 7) is 0.956. The van der Waals surface area contributed by atoms with E-state index in [1.165, 1.54) is 4.88 Å². The fourth-order valence-electron chi connectivity index (χ4n) is 4.08. The first-order chi connectivity index (χ1) is 14.1. The number of hydrogen-bond donors (Lipinski definition) is 1. The summed E-state index contributed by atoms with van der Waals surface area (Å²) in [6, 6.07) is 15.9. The molecule has 3 heterocycles. The summed E-state index contributed by atoms with van der Waals surface area (Å²) in [6.07, 6.45) is 5.16. The third-order valence-electron chi connectivity index (χ3n) is 5.57. The number of amides is 2. The summed E-state index contributed by atoms with van der Waals surface area (Å²) in [7, 11) is 0. The zero-order chi connectivity index (χ0) is 20.3. The minimum atomic E-state index is -0.760. The van der Waals surface area contributed by atoms with E-state index in [-0.39, 0.29) is 11.8 Å². The zero-order valence-electron chi connectivity index (χ0n) is 16.1. The number of likely N-dealkylation sites (tertiary alicyclic amines) is 1. The molecule has 1 fully saturated rings. The minimum absolute atomic E-state index is 0.101. The van der Waals surface area contributed by atoms with Gasteiger partial charge in [0.05, 0.1) is 11.0 Å². The van der Waals surface area contributed by atoms with Crippen LogP contribution in [0.4, 0.5) is 0 Å². The number of rotatable bonds is 5. The molecular formula is C23H23N3O2S. The fourth-order valence-corrected chi connectivity index (χ4v) is 4.80. The number of benzene rings is 1. The van der Waals surface area contributed by atoms with Crippen LogP contribution < -0.4 is 5.73 Å². The van der Waals surface area contributed by atoms with Gasteiger partial charge in [0.2, 0.25) is 5.91 Å². The summed E-state index contributed by atoms with van der Waals surface area (Å²) in [5.41, 5.74) is 7.87. The van der Waals surface area contributed by atoms with Crippen molar-refractivity contribution in [1.29, 1.82) is 0 Å². The van der Waals surface area contributed by atoms with Gasteiger partial charge in [0.1, 0.15) is 0 Å². The highest BCUT2D eigenvalue weighted by molar-refractivity contribution is 7.13. The van der Waals surface area contributed by atoms with Crippen molar-refractivity contribution in [3.05, 3.63) is 77.4 Å². The van der Waals surface area contributed by atoms with Gasteiger partial charge in [-0.05, 0) is 54.0 Å². The molecule has 1 aliphatic rings. The van der Waals surface area contributed by atoms with Gasteiger partial charge in [0, 0.05) is 30.4 Å². The Morgan fingerprint density at radius 3 is 2.79 bits per heavy atom. The Hall–Kier alpha value is -2.99. The van der Waals surface area contributed by atoms with Crippen molar-refractivity contribution in [3.63, 3.8) is 0 Å². The Morgan fingerprint density at radius 1 is 1.17 bits per heavy atom. The van der Waals surface area contributed by atoms with Crippen LogP contribution in [0.25, 0.3) is 10.4 Å². The molecule has 29 heavy (non-hydrogen) atoms. The number of nitrogens with two attached hydrogens (primary N) is 1. The molecule has 3 aromatic rings. The largest absolute Gasteiger partial charge is 0.369 e. The summed E-state index contributed by atoms with van der Waals surface area (Å²) in [5, 5.41) is 2.05. The van der Waals surface area contributed by atoms with Gasteiger partial charge >= 0.3 is 0 Å². The maximum absolute atomic E-state index is 12.9. The van der Waals surface area contributed by atoms with Gasteiger partial charge in [0.25, 0.3) is 5.91 Å². The number of thiophene rings is 1. The average molecular weight is 406 g/mol. The van der Waals surface area contributed by atoms with Crippen LogP contribution in [0.2, 0.25) is 0 Å². The van der Waals surface area contributed by atoms with Crippen LogP contribution in [0, 0.1) is 5.41 Å². The van der Waals surface area contributed by atoms with Crippen LogP contribution in [-0.4, -0.2) is 34.8 Å². The van der Waals surface area contributed by atoms with Gasteiger partial charge in [-0.2, -0.15) is 0 Å². The van der Waals surface area contributed by atoms with E-state index in [9.17, 15) is 9.59 Å². The SMILES string of the molecule is NC(=O)[C@@]1(Cc2cccc(-c3cccs3)c2)CCCN(C(=O)c2cccnc2)C1. The molecule has 1 aromatic carbocycles. The van der Waals surface area contributed by atoms with Crippen molar-refractivity contribution in [3.8, 4) is 10.4 Å². The molecule has 0 bridgehead atoms. The Bertz CT molecular complexity index is 1000. The smallest absolute Gasteiger partial charge is 0.255 e. The third-order valence-corrected chi connectivity index (χ3v) is 6.49. The van der Waals surface area contributed by atoms with Gasteiger partial charge in [-0.15, -0.1) is 11.3 Å². The molecule has 148 valence electrons. The van der Waals surface area contributed by atoms with E-state index in [1.807, 2.05) is 18.2 Å². The first kappa shape index (κ1) is 19.3. The lowest BCUT2D eigenvalue weighted by molar-refractivity contribution is -0.130. The molecule has 0 aliphatic carbocycles. The van der Waals surface area contributed by atoms with E-state index in [0.29, 0.717) is 31.5 Å². The lowest BCUT2D eigenvalue weighted by atomic mass is 9.74. The van der Waals surface area contributed by atoms with Crippen LogP contribution in [0.5, 0.6) is 0 Å². The molecule has 0 radical (unpaired) electrons. The van der Waals surface area contributed by atoms with Crippen molar-refractivity contribution in [2.24, 2.45) is 11.1 Å². The molecule has 1 aliphatic heterocycles. The Labute approximate surface area is 174 Å². The monoisotopic (exact) mass is 405 g/mol. The van der Waals surface area contributed by atoms with E-state index >= 15 is 0 Å². The number of nitrogens with zero attached hydrogens (tertiary/aromatic N) is 2. The van der Waals surface area contributed by atoms with E-state index < -0.39 is 5.41 Å². The molecule has 2 N–H and O–H groups in total. The van der Waals surface area contributed by atoms with E-state index in [2.05, 4.69) is 28.6 Å². The fraction of sp³-hybridized carbons (Fsp3) is 0.261. The van der Waals surface area contributed by atoms with Crippen LogP contribution in [0.15, 0.2) is 66.3 Å². The summed E-state index contributed by atoms with van der Waals surface area (Å²) < 4.78 is 0. The number of hydrogen-bond acceptors (Lipinski definition) is 4. The third kappa shape index (κ3) is 4.07. The lowest BCUT2D eigenvalue weighted by Gasteiger charge is -2.41. The molecule has 6 heteroatoms. The molecule has 1 atom stereocenters. The van der Waals surface area contributed by atoms with Crippen molar-refractivity contribution >= 4 is 23.2 Å². The second kappa shape index (κ2) is 8.17. The second-order valence-electron chi connectivity index (χ2n) is 7.57. The van der Waals surface area contributed by atoms with Gasteiger partial charge in [-0.25, -0.2) is 0 Å². The molecule has 0 unspecified atom stereocenters. The van der Waals surface area contributed by atoms with Gasteiger partial charge in [-0.1, -0.05) is 30.3 Å². The Balaban J connectivity index is 1.59. The predicted octanol–water partition coefficient (Wildman–Crippen LogP) is 3.76. The van der Waals surface area contributed by atoms with Crippen LogP contribution >= 0.6 is 11.3 Å². The summed E-state index contributed by atoms with van der Waals surface area (Å²) >= 11 is 1.69. The van der Waals surface area contributed by atoms with E-state index in [1.54, 1.807) is 40.8 Å². The number of carbonyl (C=O) groups is 2. The minimum Gasteiger partial charge on any atom is -0.369 e. The number of piperidine rings is 1. The van der Waals surface area contributed by atoms with Crippen molar-refractivity contribution < 1.29 is 9.59 Å². The normalized spacial score (nSPS) is 19.1. The highest BCUT2D eigenvalue weighted by Gasteiger charge is 2.42. The number of primary amides is 1. The zero-order valence-corrected chi connectivity index (χ0v) is 16.9. The summed E-state index contributed by atoms with van der Waals surface area (Å²) in [5.74, 6) is -0.446. The maximum Gasteiger partial charge on any atom is 0.255 e.